The third-order valence-corrected chi connectivity index (χ3v) is 14.3. The first kappa shape index (κ1) is 49.9. The Bertz CT molecular complexity index is 2900. The summed E-state index contributed by atoms with van der Waals surface area (Å²) in [4.78, 5) is 64.7. The average molecular weight is 941 g/mol. The summed E-state index contributed by atoms with van der Waals surface area (Å²) in [5.74, 6) is -6.93. The van der Waals surface area contributed by atoms with Crippen molar-refractivity contribution < 1.29 is 53.4 Å². The Morgan fingerprint density at radius 1 is 0.971 bits per heavy atom. The van der Waals surface area contributed by atoms with Crippen molar-refractivity contribution in [2.75, 3.05) is 43.5 Å². The third kappa shape index (κ3) is 9.04. The van der Waals surface area contributed by atoms with E-state index in [1.807, 2.05) is 0 Å². The topological polar surface area (TPSA) is 231 Å². The van der Waals surface area contributed by atoms with Crippen molar-refractivity contribution in [3.8, 4) is 11.5 Å². The van der Waals surface area contributed by atoms with E-state index in [0.29, 0.717) is 24.8 Å². The number of benzene rings is 3. The number of nitrogens with one attached hydrogen (secondary N) is 1. The van der Waals surface area contributed by atoms with Crippen LogP contribution in [-0.4, -0.2) is 112 Å². The number of aromatic nitrogens is 1. The van der Waals surface area contributed by atoms with E-state index >= 15 is 0 Å². The highest BCUT2D eigenvalue weighted by Crippen LogP contribution is 2.42. The molecule has 3 aromatic carbocycles. The molecule has 3 aliphatic heterocycles. The molecule has 1 fully saturated rings. The lowest BCUT2D eigenvalue weighted by Crippen LogP contribution is -2.49. The van der Waals surface area contributed by atoms with Crippen LogP contribution in [0.2, 0.25) is 0 Å². The summed E-state index contributed by atoms with van der Waals surface area (Å²) in [7, 11) is 1.45. The Balaban J connectivity index is 1.46. The van der Waals surface area contributed by atoms with Gasteiger partial charge in [-0.3, -0.25) is 24.1 Å². The second-order valence-electron chi connectivity index (χ2n) is 18.8. The molecule has 1 amide bonds. The normalized spacial score (nSPS) is 29.9. The van der Waals surface area contributed by atoms with Gasteiger partial charge in [0.15, 0.2) is 22.4 Å². The molecule has 7 rings (SSSR count). The van der Waals surface area contributed by atoms with Crippen LogP contribution in [0, 0.1) is 30.6 Å². The fraction of sp³-hybridized carbons (Fsp3) is 0.510. The predicted octanol–water partition coefficient (Wildman–Crippen LogP) is 5.48. The molecule has 5 N–H and O–H groups in total. The maximum absolute atomic E-state index is 14.9. The number of rotatable bonds is 5. The molecule has 68 heavy (non-hydrogen) atoms. The number of esters is 1. The van der Waals surface area contributed by atoms with E-state index in [4.69, 9.17) is 28.3 Å². The second-order valence-corrected chi connectivity index (χ2v) is 18.8. The number of aromatic hydroxyl groups is 1. The first-order valence-corrected chi connectivity index (χ1v) is 23.3. The van der Waals surface area contributed by atoms with Crippen LogP contribution in [-0.2, 0) is 23.8 Å². The van der Waals surface area contributed by atoms with Gasteiger partial charge in [-0.2, -0.15) is 0 Å². The lowest BCUT2D eigenvalue weighted by molar-refractivity contribution is -0.160. The Morgan fingerprint density at radius 2 is 1.66 bits per heavy atom. The van der Waals surface area contributed by atoms with Crippen molar-refractivity contribution in [3.63, 3.8) is 0 Å². The van der Waals surface area contributed by atoms with Gasteiger partial charge >= 0.3 is 11.8 Å². The summed E-state index contributed by atoms with van der Waals surface area (Å²) >= 11 is 0. The number of piperazine rings is 1. The zero-order valence-electron chi connectivity index (χ0n) is 40.6. The number of hydrogen-bond acceptors (Lipinski definition) is 16. The van der Waals surface area contributed by atoms with Gasteiger partial charge in [0.1, 0.15) is 28.8 Å². The molecule has 4 aromatic rings. The van der Waals surface area contributed by atoms with Gasteiger partial charge in [-0.15, -0.1) is 0 Å². The van der Waals surface area contributed by atoms with Crippen LogP contribution in [0.5, 0.6) is 11.5 Å². The number of aliphatic hydroxyl groups is 3. The first-order chi connectivity index (χ1) is 32.1. The fourth-order valence-corrected chi connectivity index (χ4v) is 9.74. The fourth-order valence-electron chi connectivity index (χ4n) is 9.74. The number of amides is 1. The number of nitrogens with zero attached hydrogens (tertiary/aromatic N) is 3. The summed E-state index contributed by atoms with van der Waals surface area (Å²) in [5.41, 5.74) is -1.35. The number of ether oxygens (including phenoxy) is 4. The molecule has 0 aliphatic carbocycles. The molecule has 10 atom stereocenters. The maximum Gasteiger partial charge on any atom is 0.307 e. The molecular formula is C51H64N4O13. The highest BCUT2D eigenvalue weighted by molar-refractivity contribution is 6.16. The number of carbonyl (C=O) groups is 2. The standard InChI is InChI=1S/C51H64N4O13/c1-12-26(4)54-17-19-55(20-18-54)32-22-33(57)39-35(23-32)67-48-40(52-39)36-37-44(60)30(8)47-38(36)49(62)51(10,68-47)65-21-16-34(64-11)27(5)46(66-31(9)56)29(7)43(59)28(6)42(58)24(2)14-13-15-25(3)50(63)53-41(48)45(37)61/h13-16,21-24,26-29,34,42-43,46,58-60,62H,12,17-20H2,1-11H3,(H,53,63)/b14-13-,21-16-,25-15-. The number of methoxy groups -OCH3 is 1. The van der Waals surface area contributed by atoms with Gasteiger partial charge in [-0.1, -0.05) is 52.8 Å². The van der Waals surface area contributed by atoms with Crippen molar-refractivity contribution in [2.45, 2.75) is 112 Å². The zero-order chi connectivity index (χ0) is 49.7. The molecule has 0 radical (unpaired) electrons. The minimum absolute atomic E-state index is 0.0388. The number of phenolic OH excluding ortho intramolecular Hbond substituents is 1. The second kappa shape index (κ2) is 19.5. The van der Waals surface area contributed by atoms with Crippen LogP contribution in [0.4, 0.5) is 11.4 Å². The number of allylic oxidation sites excluding steroid dienone is 2. The van der Waals surface area contributed by atoms with E-state index in [9.17, 15) is 39.6 Å². The van der Waals surface area contributed by atoms with E-state index in [0.717, 1.165) is 19.5 Å². The molecule has 1 aromatic heterocycles. The lowest BCUT2D eigenvalue weighted by atomic mass is 9.78. The zero-order valence-corrected chi connectivity index (χ0v) is 40.6. The molecule has 3 aliphatic rings. The molecule has 5 bridgehead atoms. The number of anilines is 2. The smallest absolute Gasteiger partial charge is 0.307 e. The van der Waals surface area contributed by atoms with Gasteiger partial charge in [0.25, 0.3) is 5.91 Å². The predicted molar refractivity (Wildman–Crippen MR) is 259 cm³/mol. The number of carbonyl (C=O) groups excluding carboxylic acids is 2. The number of fused-ring (bicyclic) bond motifs is 5. The van der Waals surface area contributed by atoms with Crippen molar-refractivity contribution in [1.29, 1.82) is 0 Å². The molecule has 17 heteroatoms. The van der Waals surface area contributed by atoms with Crippen LogP contribution >= 0.6 is 0 Å². The van der Waals surface area contributed by atoms with Crippen LogP contribution in [0.25, 0.3) is 38.7 Å². The molecule has 10 unspecified atom stereocenters. The van der Waals surface area contributed by atoms with Crippen molar-refractivity contribution >= 4 is 62.0 Å². The minimum Gasteiger partial charge on any atom is -0.507 e. The Labute approximate surface area is 394 Å². The maximum atomic E-state index is 14.9. The van der Waals surface area contributed by atoms with E-state index in [2.05, 4.69) is 29.0 Å². The largest absolute Gasteiger partial charge is 0.507 e. The van der Waals surface area contributed by atoms with Gasteiger partial charge < -0.3 is 54.0 Å². The van der Waals surface area contributed by atoms with Gasteiger partial charge in [-0.05, 0) is 33.3 Å². The average Bonchev–Trinajstić information content (AvgIpc) is 3.58. The summed E-state index contributed by atoms with van der Waals surface area (Å²) in [6, 6.07) is 3.57. The summed E-state index contributed by atoms with van der Waals surface area (Å²) < 4.78 is 30.6. The monoisotopic (exact) mass is 940 g/mol. The van der Waals surface area contributed by atoms with Crippen LogP contribution in [0.15, 0.2) is 62.3 Å². The van der Waals surface area contributed by atoms with Crippen LogP contribution in [0.1, 0.15) is 74.3 Å². The lowest BCUT2D eigenvalue weighted by Gasteiger charge is -2.38. The molecule has 17 nitrogen and oxygen atoms in total. The van der Waals surface area contributed by atoms with Crippen LogP contribution < -0.4 is 31.0 Å². The number of hydrogen-bond donors (Lipinski definition) is 5. The van der Waals surface area contributed by atoms with Gasteiger partial charge in [0, 0.05) is 111 Å². The summed E-state index contributed by atoms with van der Waals surface area (Å²) in [6.07, 6.45) is 4.58. The van der Waals surface area contributed by atoms with Gasteiger partial charge in [0.2, 0.25) is 10.9 Å². The highest BCUT2D eigenvalue weighted by atomic mass is 16.7. The van der Waals surface area contributed by atoms with E-state index in [1.165, 1.54) is 59.3 Å². The van der Waals surface area contributed by atoms with Crippen molar-refractivity contribution in [1.82, 2.24) is 9.88 Å². The third-order valence-electron chi connectivity index (χ3n) is 14.3. The minimum atomic E-state index is -1.98. The molecule has 0 spiro atoms. The number of phenols is 1. The molecule has 0 saturated carbocycles. The van der Waals surface area contributed by atoms with E-state index in [-0.39, 0.29) is 60.8 Å². The highest BCUT2D eigenvalue weighted by Gasteiger charge is 2.44. The Hall–Kier alpha value is -6.01. The van der Waals surface area contributed by atoms with Crippen molar-refractivity contribution in [3.05, 3.63) is 79.5 Å². The molecule has 366 valence electrons. The molecule has 1 saturated heterocycles. The van der Waals surface area contributed by atoms with E-state index in [1.54, 1.807) is 45.9 Å². The summed E-state index contributed by atoms with van der Waals surface area (Å²) in [5, 5.41) is 49.3. The van der Waals surface area contributed by atoms with Gasteiger partial charge in [-0.25, -0.2) is 4.98 Å². The van der Waals surface area contributed by atoms with E-state index < -0.39 is 88.1 Å². The molecular weight excluding hydrogens is 877 g/mol. The Morgan fingerprint density at radius 3 is 2.31 bits per heavy atom. The quantitative estimate of drug-likeness (QED) is 0.0948. The van der Waals surface area contributed by atoms with Gasteiger partial charge in [0.05, 0.1) is 35.2 Å². The Kier molecular flexibility index (Phi) is 14.3. The SMILES string of the molecule is CCC(C)N1CCN(c2cc(=O)c3nc4c(oc3c2)c2c(=O)c3c(O)c(C)c5c(c34)=C(O)C(C)(O/C=C\C(OC)C(C)C(OC(C)=O)C(C)C(O)C(C)C(O)C(C)/C=C\C=C(\C)C(=O)N2)O5)CC1. The van der Waals surface area contributed by atoms with Crippen LogP contribution in [0.3, 0.4) is 0 Å². The first-order valence-electron chi connectivity index (χ1n) is 23.3. The number of aliphatic hydroxyl groups excluding tert-OH is 3. The van der Waals surface area contributed by atoms with Crippen molar-refractivity contribution in [2.24, 2.45) is 23.7 Å². The summed E-state index contributed by atoms with van der Waals surface area (Å²) in [6.45, 7) is 19.8. The molecule has 4 heterocycles.